The number of imidazole rings is 2. The van der Waals surface area contributed by atoms with Crippen LogP contribution in [0.1, 0.15) is 15.9 Å². The molecule has 124 valence electrons. The van der Waals surface area contributed by atoms with Gasteiger partial charge in [-0.3, -0.25) is 10.1 Å². The van der Waals surface area contributed by atoms with Crippen LogP contribution in [0.4, 0.5) is 11.9 Å². The Morgan fingerprint density at radius 1 is 1.16 bits per heavy atom. The second kappa shape index (κ2) is 6.12. The van der Waals surface area contributed by atoms with Gasteiger partial charge in [0.05, 0.1) is 17.6 Å². The maximum atomic E-state index is 12.5. The number of nitrogen functional groups attached to an aromatic ring is 1. The molecule has 0 bridgehead atoms. The molecule has 0 aliphatic heterocycles. The van der Waals surface area contributed by atoms with Crippen LogP contribution in [0.2, 0.25) is 0 Å². The predicted octanol–water partition coefficient (Wildman–Crippen LogP) is 2.64. The molecular weight excluding hydrogens is 316 g/mol. The summed E-state index contributed by atoms with van der Waals surface area (Å²) in [5.74, 6) is 0.473. The van der Waals surface area contributed by atoms with E-state index in [2.05, 4.69) is 20.3 Å². The van der Waals surface area contributed by atoms with Gasteiger partial charge in [0, 0.05) is 12.4 Å². The van der Waals surface area contributed by atoms with Crippen LogP contribution in [-0.4, -0.2) is 25.4 Å². The molecule has 0 atom stereocenters. The molecule has 0 radical (unpaired) electrons. The lowest BCUT2D eigenvalue weighted by Gasteiger charge is -2.07. The number of carbonyl (C=O) groups excluding carboxylic acids is 1. The SMILES string of the molecule is Nc1nc2c(C(=O)Nc3ncc[nH]3)cccc2n1Cc1ccccc1. The van der Waals surface area contributed by atoms with Crippen molar-refractivity contribution in [1.82, 2.24) is 19.5 Å². The number of para-hydroxylation sites is 1. The van der Waals surface area contributed by atoms with Gasteiger partial charge in [0.2, 0.25) is 11.9 Å². The second-order valence-corrected chi connectivity index (χ2v) is 5.61. The van der Waals surface area contributed by atoms with Crippen molar-refractivity contribution in [2.75, 3.05) is 11.1 Å². The first-order chi connectivity index (χ1) is 12.2. The number of hydrogen-bond acceptors (Lipinski definition) is 4. The lowest BCUT2D eigenvalue weighted by molar-refractivity contribution is 0.102. The Labute approximate surface area is 143 Å². The summed E-state index contributed by atoms with van der Waals surface area (Å²) in [5, 5.41) is 2.71. The smallest absolute Gasteiger partial charge is 0.260 e. The van der Waals surface area contributed by atoms with Crippen molar-refractivity contribution < 1.29 is 4.79 Å². The molecule has 1 amide bonds. The summed E-state index contributed by atoms with van der Waals surface area (Å²) in [5.41, 5.74) is 9.05. The Balaban J connectivity index is 1.73. The third-order valence-electron chi connectivity index (χ3n) is 3.97. The molecule has 0 saturated carbocycles. The number of H-pyrrole nitrogens is 1. The number of nitrogens with one attached hydrogen (secondary N) is 2. The molecule has 0 unspecified atom stereocenters. The van der Waals surface area contributed by atoms with Crippen LogP contribution in [0.25, 0.3) is 11.0 Å². The average molecular weight is 332 g/mol. The molecule has 0 aliphatic carbocycles. The fraction of sp³-hybridized carbons (Fsp3) is 0.0556. The van der Waals surface area contributed by atoms with Crippen molar-refractivity contribution in [2.24, 2.45) is 0 Å². The van der Waals surface area contributed by atoms with Crippen LogP contribution in [0.15, 0.2) is 60.9 Å². The molecule has 2 aromatic carbocycles. The molecular formula is C18H16N6O. The first-order valence-electron chi connectivity index (χ1n) is 7.82. The van der Waals surface area contributed by atoms with Gasteiger partial charge in [0.1, 0.15) is 5.52 Å². The van der Waals surface area contributed by atoms with Gasteiger partial charge in [-0.05, 0) is 17.7 Å². The van der Waals surface area contributed by atoms with Crippen molar-refractivity contribution in [2.45, 2.75) is 6.54 Å². The highest BCUT2D eigenvalue weighted by molar-refractivity contribution is 6.11. The number of nitrogens with zero attached hydrogens (tertiary/aromatic N) is 3. The number of amides is 1. The number of carbonyl (C=O) groups is 1. The summed E-state index contributed by atoms with van der Waals surface area (Å²) in [6.45, 7) is 0.590. The summed E-state index contributed by atoms with van der Waals surface area (Å²) in [6.07, 6.45) is 3.21. The first-order valence-corrected chi connectivity index (χ1v) is 7.82. The third kappa shape index (κ3) is 2.83. The van der Waals surface area contributed by atoms with Crippen LogP contribution in [0, 0.1) is 0 Å². The highest BCUT2D eigenvalue weighted by Crippen LogP contribution is 2.23. The summed E-state index contributed by atoms with van der Waals surface area (Å²) in [4.78, 5) is 23.8. The largest absolute Gasteiger partial charge is 0.369 e. The number of fused-ring (bicyclic) bond motifs is 1. The van der Waals surface area contributed by atoms with E-state index in [-0.39, 0.29) is 5.91 Å². The van der Waals surface area contributed by atoms with E-state index < -0.39 is 0 Å². The maximum Gasteiger partial charge on any atom is 0.260 e. The zero-order chi connectivity index (χ0) is 17.2. The summed E-state index contributed by atoms with van der Waals surface area (Å²) in [7, 11) is 0. The Morgan fingerprint density at radius 3 is 2.76 bits per heavy atom. The Bertz CT molecular complexity index is 1020. The van der Waals surface area contributed by atoms with E-state index in [1.807, 2.05) is 47.0 Å². The van der Waals surface area contributed by atoms with Gasteiger partial charge < -0.3 is 15.3 Å². The lowest BCUT2D eigenvalue weighted by Crippen LogP contribution is -2.13. The molecule has 25 heavy (non-hydrogen) atoms. The standard InChI is InChI=1S/C18H16N6O/c19-17-22-15-13(16(25)23-18-20-9-10-21-18)7-4-8-14(15)24(17)11-12-5-2-1-3-6-12/h1-10H,11H2,(H2,19,22)(H2,20,21,23,25). The molecule has 0 saturated heterocycles. The fourth-order valence-corrected chi connectivity index (χ4v) is 2.79. The molecule has 4 aromatic rings. The number of hydrogen-bond donors (Lipinski definition) is 3. The van der Waals surface area contributed by atoms with Crippen molar-refractivity contribution in [3.8, 4) is 0 Å². The topological polar surface area (TPSA) is 102 Å². The Morgan fingerprint density at radius 2 is 2.00 bits per heavy atom. The lowest BCUT2D eigenvalue weighted by atomic mass is 10.1. The van der Waals surface area contributed by atoms with Gasteiger partial charge in [0.15, 0.2) is 0 Å². The summed E-state index contributed by atoms with van der Waals surface area (Å²) >= 11 is 0. The van der Waals surface area contributed by atoms with E-state index in [4.69, 9.17) is 5.73 Å². The monoisotopic (exact) mass is 332 g/mol. The number of aromatic amines is 1. The van der Waals surface area contributed by atoms with E-state index in [1.165, 1.54) is 0 Å². The summed E-state index contributed by atoms with van der Waals surface area (Å²) in [6, 6.07) is 15.4. The van der Waals surface area contributed by atoms with Crippen molar-refractivity contribution in [3.05, 3.63) is 72.1 Å². The van der Waals surface area contributed by atoms with E-state index in [0.717, 1.165) is 11.1 Å². The molecule has 2 aromatic heterocycles. The first kappa shape index (κ1) is 14.9. The molecule has 2 heterocycles. The maximum absolute atomic E-state index is 12.5. The molecule has 7 nitrogen and oxygen atoms in total. The fourth-order valence-electron chi connectivity index (χ4n) is 2.79. The molecule has 0 spiro atoms. The number of aromatic nitrogens is 4. The number of anilines is 2. The van der Waals surface area contributed by atoms with E-state index >= 15 is 0 Å². The molecule has 4 rings (SSSR count). The Hall–Kier alpha value is -3.61. The normalized spacial score (nSPS) is 10.9. The van der Waals surface area contributed by atoms with Crippen molar-refractivity contribution >= 4 is 28.8 Å². The van der Waals surface area contributed by atoms with E-state index in [0.29, 0.717) is 29.5 Å². The van der Waals surface area contributed by atoms with Crippen LogP contribution in [-0.2, 0) is 6.54 Å². The second-order valence-electron chi connectivity index (χ2n) is 5.61. The van der Waals surface area contributed by atoms with E-state index in [1.54, 1.807) is 18.5 Å². The van der Waals surface area contributed by atoms with Gasteiger partial charge in [0.25, 0.3) is 5.91 Å². The Kier molecular flexibility index (Phi) is 3.66. The zero-order valence-corrected chi connectivity index (χ0v) is 13.3. The molecule has 7 heteroatoms. The van der Waals surface area contributed by atoms with Crippen LogP contribution in [0.5, 0.6) is 0 Å². The third-order valence-corrected chi connectivity index (χ3v) is 3.97. The van der Waals surface area contributed by atoms with Gasteiger partial charge in [-0.1, -0.05) is 36.4 Å². The predicted molar refractivity (Wildman–Crippen MR) is 96.2 cm³/mol. The number of nitrogens with two attached hydrogens (primary N) is 1. The molecule has 0 fully saturated rings. The van der Waals surface area contributed by atoms with Crippen molar-refractivity contribution in [3.63, 3.8) is 0 Å². The minimum Gasteiger partial charge on any atom is -0.369 e. The highest BCUT2D eigenvalue weighted by Gasteiger charge is 2.17. The van der Waals surface area contributed by atoms with E-state index in [9.17, 15) is 4.79 Å². The van der Waals surface area contributed by atoms with Crippen molar-refractivity contribution in [1.29, 1.82) is 0 Å². The van der Waals surface area contributed by atoms with Gasteiger partial charge in [-0.25, -0.2) is 9.97 Å². The van der Waals surface area contributed by atoms with Gasteiger partial charge >= 0.3 is 0 Å². The zero-order valence-electron chi connectivity index (χ0n) is 13.3. The minimum absolute atomic E-state index is 0.287. The minimum atomic E-state index is -0.287. The molecule has 4 N–H and O–H groups in total. The van der Waals surface area contributed by atoms with Crippen LogP contribution < -0.4 is 11.1 Å². The number of benzene rings is 2. The van der Waals surface area contributed by atoms with Gasteiger partial charge in [-0.15, -0.1) is 0 Å². The quantitative estimate of drug-likeness (QED) is 0.534. The average Bonchev–Trinajstić information content (AvgIpc) is 3.24. The molecule has 0 aliphatic rings. The van der Waals surface area contributed by atoms with Crippen LogP contribution in [0.3, 0.4) is 0 Å². The van der Waals surface area contributed by atoms with Crippen LogP contribution >= 0.6 is 0 Å². The summed E-state index contributed by atoms with van der Waals surface area (Å²) < 4.78 is 1.90. The highest BCUT2D eigenvalue weighted by atomic mass is 16.1. The van der Waals surface area contributed by atoms with Gasteiger partial charge in [-0.2, -0.15) is 0 Å². The number of rotatable bonds is 4.